The number of rotatable bonds is 10. The Hall–Kier alpha value is -1.19. The van der Waals surface area contributed by atoms with Gasteiger partial charge in [-0.05, 0) is 23.6 Å². The van der Waals surface area contributed by atoms with Crippen molar-refractivity contribution in [3.63, 3.8) is 0 Å². The van der Waals surface area contributed by atoms with E-state index in [0.717, 1.165) is 12.0 Å². The number of halogens is 1. The van der Waals surface area contributed by atoms with E-state index >= 15 is 0 Å². The third-order valence-corrected chi connectivity index (χ3v) is 5.34. The van der Waals surface area contributed by atoms with E-state index in [9.17, 15) is 13.2 Å². The average Bonchev–Trinajstić information content (AvgIpc) is 2.58. The number of methoxy groups -OCH3 is 1. The lowest BCUT2D eigenvalue weighted by molar-refractivity contribution is -0.123. The summed E-state index contributed by atoms with van der Waals surface area (Å²) in [6.45, 7) is 4.74. The number of sulfonamides is 1. The Kier molecular flexibility index (Phi) is 10.9. The Morgan fingerprint density at radius 2 is 1.88 bits per heavy atom. The van der Waals surface area contributed by atoms with E-state index in [1.807, 2.05) is 13.8 Å². The van der Waals surface area contributed by atoms with Crippen molar-refractivity contribution in [1.82, 2.24) is 10.0 Å². The molecule has 1 rings (SSSR count). The third kappa shape index (κ3) is 7.70. The zero-order valence-corrected chi connectivity index (χ0v) is 16.5. The Balaban J connectivity index is 0.00000576. The summed E-state index contributed by atoms with van der Waals surface area (Å²) in [6.07, 6.45) is 0.831. The lowest BCUT2D eigenvalue weighted by atomic mass is 9.99. The maximum Gasteiger partial charge on any atom is 0.240 e. The highest BCUT2D eigenvalue weighted by Gasteiger charge is 2.19. The predicted octanol–water partition coefficient (Wildman–Crippen LogP) is 1.02. The largest absolute Gasteiger partial charge is 0.383 e. The molecule has 144 valence electrons. The van der Waals surface area contributed by atoms with Gasteiger partial charge in [0.25, 0.3) is 0 Å². The van der Waals surface area contributed by atoms with Crippen molar-refractivity contribution >= 4 is 28.3 Å². The topological polar surface area (TPSA) is 111 Å². The molecule has 4 N–H and O–H groups in total. The van der Waals surface area contributed by atoms with Crippen LogP contribution in [0.1, 0.15) is 25.8 Å². The lowest BCUT2D eigenvalue weighted by Crippen LogP contribution is -2.44. The third-order valence-electron chi connectivity index (χ3n) is 3.86. The molecule has 0 saturated heterocycles. The van der Waals surface area contributed by atoms with Gasteiger partial charge in [0, 0.05) is 20.2 Å². The minimum absolute atomic E-state index is 0. The van der Waals surface area contributed by atoms with Gasteiger partial charge in [-0.25, -0.2) is 13.1 Å². The van der Waals surface area contributed by atoms with Crippen molar-refractivity contribution in [2.75, 3.05) is 20.3 Å². The highest BCUT2D eigenvalue weighted by Crippen LogP contribution is 2.11. The van der Waals surface area contributed by atoms with Crippen LogP contribution in [0.25, 0.3) is 0 Å². The summed E-state index contributed by atoms with van der Waals surface area (Å²) in [4.78, 5) is 12.1. The number of carbonyl (C=O) groups is 1. The Morgan fingerprint density at radius 1 is 1.28 bits per heavy atom. The number of nitrogens with one attached hydrogen (secondary N) is 2. The van der Waals surface area contributed by atoms with Gasteiger partial charge in [-0.3, -0.25) is 4.79 Å². The molecule has 0 radical (unpaired) electrons. The molecule has 1 amide bonds. The molecule has 0 aliphatic carbocycles. The predicted molar refractivity (Wildman–Crippen MR) is 100 cm³/mol. The molecule has 1 aromatic rings. The molecule has 0 aliphatic rings. The molecule has 0 saturated carbocycles. The normalized spacial score (nSPS) is 13.6. The van der Waals surface area contributed by atoms with E-state index in [4.69, 9.17) is 10.5 Å². The van der Waals surface area contributed by atoms with Gasteiger partial charge in [0.1, 0.15) is 0 Å². The molecule has 0 heterocycles. The van der Waals surface area contributed by atoms with Crippen molar-refractivity contribution < 1.29 is 17.9 Å². The van der Waals surface area contributed by atoms with Crippen molar-refractivity contribution in [3.05, 3.63) is 29.8 Å². The first kappa shape index (κ1) is 23.8. The quantitative estimate of drug-likeness (QED) is 0.514. The fourth-order valence-corrected chi connectivity index (χ4v) is 2.98. The molecular weight excluding hydrogens is 366 g/mol. The van der Waals surface area contributed by atoms with Gasteiger partial charge < -0.3 is 15.8 Å². The van der Waals surface area contributed by atoms with Gasteiger partial charge in [0.15, 0.2) is 0 Å². The number of hydrogen-bond donors (Lipinski definition) is 3. The second-order valence-corrected chi connectivity index (χ2v) is 7.43. The maximum atomic E-state index is 12.0. The molecule has 25 heavy (non-hydrogen) atoms. The van der Waals surface area contributed by atoms with Crippen molar-refractivity contribution in [1.29, 1.82) is 0 Å². The van der Waals surface area contributed by atoms with Crippen LogP contribution in [0.4, 0.5) is 0 Å². The minimum atomic E-state index is -3.55. The lowest BCUT2D eigenvalue weighted by Gasteiger charge is -2.17. The Bertz CT molecular complexity index is 623. The first-order valence-electron chi connectivity index (χ1n) is 7.92. The SMILES string of the molecule is CCC(C)C(N)C(=O)NCc1ccc(S(=O)(=O)NCCOC)cc1.Cl. The molecule has 0 aromatic heterocycles. The monoisotopic (exact) mass is 393 g/mol. The van der Waals surface area contributed by atoms with E-state index in [2.05, 4.69) is 10.0 Å². The Morgan fingerprint density at radius 3 is 2.40 bits per heavy atom. The van der Waals surface area contributed by atoms with Gasteiger partial charge in [-0.2, -0.15) is 0 Å². The first-order chi connectivity index (χ1) is 11.3. The van der Waals surface area contributed by atoms with Crippen LogP contribution in [0.3, 0.4) is 0 Å². The van der Waals surface area contributed by atoms with E-state index in [1.54, 1.807) is 12.1 Å². The van der Waals surface area contributed by atoms with Crippen molar-refractivity contribution in [2.24, 2.45) is 11.7 Å². The summed E-state index contributed by atoms with van der Waals surface area (Å²) >= 11 is 0. The number of carbonyl (C=O) groups excluding carboxylic acids is 1. The van der Waals surface area contributed by atoms with Crippen molar-refractivity contribution in [3.8, 4) is 0 Å². The maximum absolute atomic E-state index is 12.0. The molecule has 9 heteroatoms. The molecule has 7 nitrogen and oxygen atoms in total. The summed E-state index contributed by atoms with van der Waals surface area (Å²) in [5.41, 5.74) is 6.67. The number of ether oxygens (including phenoxy) is 1. The van der Waals surface area contributed by atoms with Gasteiger partial charge in [-0.1, -0.05) is 32.4 Å². The number of amides is 1. The smallest absolute Gasteiger partial charge is 0.240 e. The summed E-state index contributed by atoms with van der Waals surface area (Å²) in [5, 5.41) is 2.77. The molecule has 0 bridgehead atoms. The van der Waals surface area contributed by atoms with Crippen LogP contribution in [0.2, 0.25) is 0 Å². The Labute approximate surface area is 156 Å². The summed E-state index contributed by atoms with van der Waals surface area (Å²) < 4.78 is 31.3. The molecule has 2 atom stereocenters. The molecular formula is C16H28ClN3O4S. The van der Waals surface area contributed by atoms with E-state index in [1.165, 1.54) is 19.2 Å². The summed E-state index contributed by atoms with van der Waals surface area (Å²) in [7, 11) is -2.04. The van der Waals surface area contributed by atoms with Gasteiger partial charge in [-0.15, -0.1) is 12.4 Å². The highest BCUT2D eigenvalue weighted by molar-refractivity contribution is 7.89. The molecule has 1 aromatic carbocycles. The van der Waals surface area contributed by atoms with Crippen LogP contribution in [0, 0.1) is 5.92 Å². The number of benzene rings is 1. The van der Waals surface area contributed by atoms with E-state index in [0.29, 0.717) is 13.2 Å². The van der Waals surface area contributed by atoms with Crippen LogP contribution in [-0.2, 0) is 26.1 Å². The summed E-state index contributed by atoms with van der Waals surface area (Å²) in [6, 6.07) is 5.80. The van der Waals surface area contributed by atoms with Crippen LogP contribution in [0.5, 0.6) is 0 Å². The average molecular weight is 394 g/mol. The van der Waals surface area contributed by atoms with Crippen molar-refractivity contribution in [2.45, 2.75) is 37.8 Å². The standard InChI is InChI=1S/C16H27N3O4S.ClH/c1-4-12(2)15(17)16(20)18-11-13-5-7-14(8-6-13)24(21,22)19-9-10-23-3;/h5-8,12,15,19H,4,9-11,17H2,1-3H3,(H,18,20);1H. The van der Waals surface area contributed by atoms with Crippen LogP contribution in [-0.4, -0.2) is 40.6 Å². The fraction of sp³-hybridized carbons (Fsp3) is 0.562. The molecule has 0 spiro atoms. The highest BCUT2D eigenvalue weighted by atomic mass is 35.5. The molecule has 2 unspecified atom stereocenters. The molecule has 0 fully saturated rings. The van der Waals surface area contributed by atoms with E-state index in [-0.39, 0.29) is 35.7 Å². The van der Waals surface area contributed by atoms with Gasteiger partial charge in [0.05, 0.1) is 17.5 Å². The first-order valence-corrected chi connectivity index (χ1v) is 9.41. The zero-order chi connectivity index (χ0) is 18.2. The number of hydrogen-bond acceptors (Lipinski definition) is 5. The minimum Gasteiger partial charge on any atom is -0.383 e. The molecule has 0 aliphatic heterocycles. The second-order valence-electron chi connectivity index (χ2n) is 5.66. The van der Waals surface area contributed by atoms with Crippen LogP contribution < -0.4 is 15.8 Å². The van der Waals surface area contributed by atoms with Crippen LogP contribution in [0.15, 0.2) is 29.2 Å². The second kappa shape index (κ2) is 11.4. The van der Waals surface area contributed by atoms with Gasteiger partial charge >= 0.3 is 0 Å². The summed E-state index contributed by atoms with van der Waals surface area (Å²) in [5.74, 6) is -0.0991. The zero-order valence-electron chi connectivity index (χ0n) is 14.8. The van der Waals surface area contributed by atoms with Gasteiger partial charge in [0.2, 0.25) is 15.9 Å². The number of nitrogens with two attached hydrogens (primary N) is 1. The van der Waals surface area contributed by atoms with E-state index < -0.39 is 16.1 Å². The fourth-order valence-electron chi connectivity index (χ4n) is 1.97. The van der Waals surface area contributed by atoms with Crippen LogP contribution >= 0.6 is 12.4 Å².